The van der Waals surface area contributed by atoms with Crippen LogP contribution in [0.15, 0.2) is 0 Å². The summed E-state index contributed by atoms with van der Waals surface area (Å²) in [7, 11) is 0. The molecule has 2 atom stereocenters. The highest BCUT2D eigenvalue weighted by atomic mass is 16.5. The van der Waals surface area contributed by atoms with Crippen molar-refractivity contribution in [3.63, 3.8) is 0 Å². The third-order valence-electron chi connectivity index (χ3n) is 2.18. The number of primary amides is 1. The van der Waals surface area contributed by atoms with Gasteiger partial charge in [-0.3, -0.25) is 4.79 Å². The van der Waals surface area contributed by atoms with Crippen molar-refractivity contribution in [3.8, 4) is 0 Å². The molecule has 4 nitrogen and oxygen atoms in total. The molecular weight excluding hydrogens is 156 g/mol. The molecule has 1 aliphatic heterocycles. The number of amides is 1. The second-order valence-electron chi connectivity index (χ2n) is 3.29. The third kappa shape index (κ3) is 2.79. The molecule has 70 valence electrons. The first-order valence-corrected chi connectivity index (χ1v) is 4.29. The van der Waals surface area contributed by atoms with Crippen molar-refractivity contribution in [3.05, 3.63) is 0 Å². The summed E-state index contributed by atoms with van der Waals surface area (Å²) >= 11 is 0. The highest BCUT2D eigenvalue weighted by Crippen LogP contribution is 2.13. The monoisotopic (exact) mass is 172 g/mol. The minimum absolute atomic E-state index is 0.273. The van der Waals surface area contributed by atoms with Crippen LogP contribution in [0, 0.1) is 5.92 Å². The summed E-state index contributed by atoms with van der Waals surface area (Å²) in [5.41, 5.74) is 5.02. The normalized spacial score (nSPS) is 30.1. The van der Waals surface area contributed by atoms with Crippen LogP contribution in [-0.2, 0) is 9.53 Å². The highest BCUT2D eigenvalue weighted by molar-refractivity contribution is 5.75. The maximum Gasteiger partial charge on any atom is 0.231 e. The Labute approximate surface area is 72.5 Å². The fourth-order valence-electron chi connectivity index (χ4n) is 1.42. The number of nitrogens with one attached hydrogen (secondary N) is 1. The second-order valence-corrected chi connectivity index (χ2v) is 3.29. The summed E-state index contributed by atoms with van der Waals surface area (Å²) in [5.74, 6) is 0.173. The van der Waals surface area contributed by atoms with Crippen molar-refractivity contribution in [1.29, 1.82) is 0 Å². The quantitative estimate of drug-likeness (QED) is 0.602. The maximum absolute atomic E-state index is 10.5. The molecule has 1 saturated heterocycles. The third-order valence-corrected chi connectivity index (χ3v) is 2.18. The fourth-order valence-corrected chi connectivity index (χ4v) is 1.42. The first-order chi connectivity index (χ1) is 5.70. The summed E-state index contributed by atoms with van der Waals surface area (Å²) in [6.45, 7) is 3.93. The molecule has 1 heterocycles. The lowest BCUT2D eigenvalue weighted by Gasteiger charge is -2.29. The molecule has 1 fully saturated rings. The van der Waals surface area contributed by atoms with E-state index in [4.69, 9.17) is 10.5 Å². The van der Waals surface area contributed by atoms with Gasteiger partial charge in [0.2, 0.25) is 5.91 Å². The van der Waals surface area contributed by atoms with E-state index in [0.29, 0.717) is 12.0 Å². The summed E-state index contributed by atoms with van der Waals surface area (Å²) in [5, 5.41) is 3.12. The van der Waals surface area contributed by atoms with Crippen molar-refractivity contribution >= 4 is 5.91 Å². The molecule has 3 N–H and O–H groups in total. The Hall–Kier alpha value is -0.610. The first kappa shape index (κ1) is 9.48. The van der Waals surface area contributed by atoms with E-state index < -0.39 is 0 Å². The Bertz CT molecular complexity index is 161. The van der Waals surface area contributed by atoms with E-state index in [1.807, 2.05) is 0 Å². The van der Waals surface area contributed by atoms with Crippen LogP contribution in [0.2, 0.25) is 0 Å². The van der Waals surface area contributed by atoms with Crippen LogP contribution in [0.25, 0.3) is 0 Å². The minimum atomic E-state index is -0.298. The molecule has 1 amide bonds. The van der Waals surface area contributed by atoms with Gasteiger partial charge >= 0.3 is 0 Å². The van der Waals surface area contributed by atoms with Crippen molar-refractivity contribution in [2.45, 2.75) is 19.4 Å². The summed E-state index contributed by atoms with van der Waals surface area (Å²) in [6, 6.07) is 0.381. The Morgan fingerprint density at radius 3 is 3.08 bits per heavy atom. The molecule has 4 heteroatoms. The lowest BCUT2D eigenvalue weighted by atomic mass is 9.98. The molecule has 2 unspecified atom stereocenters. The Balaban J connectivity index is 2.24. The van der Waals surface area contributed by atoms with Gasteiger partial charge < -0.3 is 15.8 Å². The maximum atomic E-state index is 10.5. The van der Waals surface area contributed by atoms with Crippen molar-refractivity contribution in [2.75, 3.05) is 19.8 Å². The Kier molecular flexibility index (Phi) is 3.49. The largest absolute Gasteiger partial charge is 0.381 e. The summed E-state index contributed by atoms with van der Waals surface area (Å²) < 4.78 is 5.26. The lowest BCUT2D eigenvalue weighted by Crippen LogP contribution is -2.44. The van der Waals surface area contributed by atoms with Crippen LogP contribution in [0.3, 0.4) is 0 Å². The van der Waals surface area contributed by atoms with Gasteiger partial charge in [0.05, 0.1) is 13.2 Å². The van der Waals surface area contributed by atoms with Gasteiger partial charge in [0.25, 0.3) is 0 Å². The van der Waals surface area contributed by atoms with E-state index in [-0.39, 0.29) is 12.5 Å². The van der Waals surface area contributed by atoms with E-state index in [9.17, 15) is 4.79 Å². The van der Waals surface area contributed by atoms with E-state index in [0.717, 1.165) is 19.6 Å². The van der Waals surface area contributed by atoms with Crippen LogP contribution in [0.4, 0.5) is 0 Å². The van der Waals surface area contributed by atoms with Gasteiger partial charge in [-0.2, -0.15) is 0 Å². The molecule has 1 rings (SSSR count). The van der Waals surface area contributed by atoms with E-state index in [1.165, 1.54) is 0 Å². The topological polar surface area (TPSA) is 64.3 Å². The Morgan fingerprint density at radius 2 is 2.50 bits per heavy atom. The number of carbonyl (C=O) groups excluding carboxylic acids is 1. The molecular formula is C8H16N2O2. The number of rotatable bonds is 3. The lowest BCUT2D eigenvalue weighted by molar-refractivity contribution is -0.117. The number of hydrogen-bond donors (Lipinski definition) is 2. The fraction of sp³-hybridized carbons (Fsp3) is 0.875. The molecule has 12 heavy (non-hydrogen) atoms. The van der Waals surface area contributed by atoms with Crippen molar-refractivity contribution in [2.24, 2.45) is 11.7 Å². The van der Waals surface area contributed by atoms with Crippen LogP contribution in [-0.4, -0.2) is 31.7 Å². The summed E-state index contributed by atoms with van der Waals surface area (Å²) in [6.07, 6.45) is 0.967. The zero-order chi connectivity index (χ0) is 8.97. The van der Waals surface area contributed by atoms with Gasteiger partial charge in [-0.1, -0.05) is 6.92 Å². The molecule has 0 saturated carbocycles. The molecule has 0 aromatic carbocycles. The van der Waals surface area contributed by atoms with Gasteiger partial charge in [0, 0.05) is 12.6 Å². The second kappa shape index (κ2) is 4.42. The molecule has 1 aliphatic rings. The molecule has 0 aromatic heterocycles. The number of hydrogen-bond acceptors (Lipinski definition) is 3. The van der Waals surface area contributed by atoms with Crippen LogP contribution in [0.5, 0.6) is 0 Å². The first-order valence-electron chi connectivity index (χ1n) is 4.29. The molecule has 0 aliphatic carbocycles. The number of nitrogens with two attached hydrogens (primary N) is 1. The van der Waals surface area contributed by atoms with E-state index in [1.54, 1.807) is 0 Å². The molecule has 0 radical (unpaired) electrons. The summed E-state index contributed by atoms with van der Waals surface area (Å²) in [4.78, 5) is 10.5. The standard InChI is InChI=1S/C8H16N2O2/c1-6-5-12-3-2-7(6)10-4-8(9)11/h6-7,10H,2-5H2,1H3,(H2,9,11). The van der Waals surface area contributed by atoms with E-state index >= 15 is 0 Å². The van der Waals surface area contributed by atoms with Crippen LogP contribution < -0.4 is 11.1 Å². The average molecular weight is 172 g/mol. The predicted molar refractivity (Wildman–Crippen MR) is 45.6 cm³/mol. The zero-order valence-electron chi connectivity index (χ0n) is 7.38. The molecule has 0 spiro atoms. The highest BCUT2D eigenvalue weighted by Gasteiger charge is 2.21. The number of carbonyl (C=O) groups is 1. The zero-order valence-corrected chi connectivity index (χ0v) is 7.38. The SMILES string of the molecule is CC1COCCC1NCC(N)=O. The minimum Gasteiger partial charge on any atom is -0.381 e. The predicted octanol–water partition coefficient (Wildman–Crippen LogP) is -0.514. The molecule has 0 aromatic rings. The van der Waals surface area contributed by atoms with Crippen LogP contribution >= 0.6 is 0 Å². The van der Waals surface area contributed by atoms with Crippen molar-refractivity contribution in [1.82, 2.24) is 5.32 Å². The Morgan fingerprint density at radius 1 is 1.75 bits per heavy atom. The average Bonchev–Trinajstić information content (AvgIpc) is 2.03. The van der Waals surface area contributed by atoms with Gasteiger partial charge in [-0.15, -0.1) is 0 Å². The molecule has 0 bridgehead atoms. The van der Waals surface area contributed by atoms with Gasteiger partial charge in [-0.05, 0) is 12.3 Å². The van der Waals surface area contributed by atoms with Crippen LogP contribution in [0.1, 0.15) is 13.3 Å². The number of ether oxygens (including phenoxy) is 1. The van der Waals surface area contributed by atoms with Gasteiger partial charge in [-0.25, -0.2) is 0 Å². The van der Waals surface area contributed by atoms with Gasteiger partial charge in [0.1, 0.15) is 0 Å². The van der Waals surface area contributed by atoms with E-state index in [2.05, 4.69) is 12.2 Å². The van der Waals surface area contributed by atoms with Gasteiger partial charge in [0.15, 0.2) is 0 Å². The smallest absolute Gasteiger partial charge is 0.231 e. The van der Waals surface area contributed by atoms with Crippen molar-refractivity contribution < 1.29 is 9.53 Å².